The lowest BCUT2D eigenvalue weighted by molar-refractivity contribution is 0.436. The quantitative estimate of drug-likeness (QED) is 0.885. The lowest BCUT2D eigenvalue weighted by atomic mass is 9.99. The zero-order valence-electron chi connectivity index (χ0n) is 9.95. The van der Waals surface area contributed by atoms with Gasteiger partial charge in [0.25, 0.3) is 0 Å². The van der Waals surface area contributed by atoms with E-state index >= 15 is 0 Å². The average Bonchev–Trinajstić information content (AvgIpc) is 2.91. The molecule has 0 aromatic carbocycles. The molecule has 0 amide bonds. The zero-order valence-corrected chi connectivity index (χ0v) is 10.8. The van der Waals surface area contributed by atoms with E-state index in [1.807, 2.05) is 11.3 Å². The fourth-order valence-electron chi connectivity index (χ4n) is 2.46. The number of anilines is 1. The highest BCUT2D eigenvalue weighted by Crippen LogP contribution is 2.38. The summed E-state index contributed by atoms with van der Waals surface area (Å²) in [5.41, 5.74) is 8.35. The van der Waals surface area contributed by atoms with E-state index in [4.69, 9.17) is 10.3 Å². The molecule has 0 atom stereocenters. The van der Waals surface area contributed by atoms with Crippen molar-refractivity contribution in [3.63, 3.8) is 0 Å². The van der Waals surface area contributed by atoms with Gasteiger partial charge in [-0.2, -0.15) is 0 Å². The molecule has 0 fully saturated rings. The van der Waals surface area contributed by atoms with Gasteiger partial charge in [0.2, 0.25) is 0 Å². The number of aromatic nitrogens is 1. The number of hydrogen-bond donors (Lipinski definition) is 1. The third-order valence-electron chi connectivity index (χ3n) is 3.39. The van der Waals surface area contributed by atoms with Crippen molar-refractivity contribution in [3.05, 3.63) is 22.1 Å². The van der Waals surface area contributed by atoms with Crippen LogP contribution in [0.25, 0.3) is 10.6 Å². The summed E-state index contributed by atoms with van der Waals surface area (Å²) >= 11 is 1.84. The molecule has 0 spiro atoms. The van der Waals surface area contributed by atoms with E-state index in [2.05, 4.69) is 18.1 Å². The highest BCUT2D eigenvalue weighted by Gasteiger charge is 2.19. The van der Waals surface area contributed by atoms with Crippen molar-refractivity contribution in [1.29, 1.82) is 0 Å². The predicted molar refractivity (Wildman–Crippen MR) is 70.2 cm³/mol. The monoisotopic (exact) mass is 248 g/mol. The molecule has 2 N–H and O–H groups in total. The molecule has 0 radical (unpaired) electrons. The van der Waals surface area contributed by atoms with Crippen LogP contribution in [0.1, 0.15) is 35.8 Å². The number of nitrogens with two attached hydrogens (primary N) is 1. The van der Waals surface area contributed by atoms with Gasteiger partial charge in [0.05, 0.1) is 4.88 Å². The molecule has 0 aliphatic heterocycles. The molecular weight excluding hydrogens is 232 g/mol. The van der Waals surface area contributed by atoms with E-state index in [9.17, 15) is 0 Å². The summed E-state index contributed by atoms with van der Waals surface area (Å²) < 4.78 is 5.39. The minimum Gasteiger partial charge on any atom is -0.381 e. The van der Waals surface area contributed by atoms with Crippen LogP contribution in [0.4, 0.5) is 5.82 Å². The predicted octanol–water partition coefficient (Wildman–Crippen LogP) is 3.43. The maximum Gasteiger partial charge on any atom is 0.182 e. The molecule has 0 saturated heterocycles. The topological polar surface area (TPSA) is 52.0 Å². The van der Waals surface area contributed by atoms with Gasteiger partial charge in [-0.1, -0.05) is 12.1 Å². The molecule has 0 unspecified atom stereocenters. The number of thiophene rings is 1. The van der Waals surface area contributed by atoms with Gasteiger partial charge < -0.3 is 10.3 Å². The first-order valence-corrected chi connectivity index (χ1v) is 6.97. The maximum atomic E-state index is 5.81. The first kappa shape index (κ1) is 10.8. The van der Waals surface area contributed by atoms with Gasteiger partial charge in [-0.25, -0.2) is 0 Å². The highest BCUT2D eigenvalue weighted by atomic mass is 32.1. The number of nitrogen functional groups attached to an aromatic ring is 1. The average molecular weight is 248 g/mol. The Balaban J connectivity index is 2.06. The van der Waals surface area contributed by atoms with Crippen molar-refractivity contribution in [1.82, 2.24) is 5.16 Å². The van der Waals surface area contributed by atoms with Gasteiger partial charge in [0.15, 0.2) is 11.6 Å². The van der Waals surface area contributed by atoms with Gasteiger partial charge >= 0.3 is 0 Å². The minimum atomic E-state index is 0.536. The van der Waals surface area contributed by atoms with E-state index in [1.54, 1.807) is 0 Å². The standard InChI is InChI=1S/C13H16N2OS/c1-2-9-12(16-15-13(9)14)11-7-8-5-3-4-6-10(8)17-11/h7H,2-6H2,1H3,(H2,14,15). The Labute approximate surface area is 105 Å². The summed E-state index contributed by atoms with van der Waals surface area (Å²) in [6.07, 6.45) is 5.91. The van der Waals surface area contributed by atoms with Crippen LogP contribution in [-0.4, -0.2) is 5.16 Å². The minimum absolute atomic E-state index is 0.536. The molecule has 0 saturated carbocycles. The van der Waals surface area contributed by atoms with E-state index in [1.165, 1.54) is 41.0 Å². The van der Waals surface area contributed by atoms with Crippen molar-refractivity contribution in [2.45, 2.75) is 39.0 Å². The number of hydrogen-bond acceptors (Lipinski definition) is 4. The van der Waals surface area contributed by atoms with Crippen molar-refractivity contribution < 1.29 is 4.52 Å². The van der Waals surface area contributed by atoms with Gasteiger partial charge in [-0.15, -0.1) is 11.3 Å². The number of aryl methyl sites for hydroxylation is 2. The third-order valence-corrected chi connectivity index (χ3v) is 4.63. The molecule has 4 heteroatoms. The second-order valence-corrected chi connectivity index (χ2v) is 5.63. The summed E-state index contributed by atoms with van der Waals surface area (Å²) in [5, 5.41) is 3.88. The molecule has 1 aliphatic rings. The van der Waals surface area contributed by atoms with Crippen molar-refractivity contribution in [3.8, 4) is 10.6 Å². The van der Waals surface area contributed by atoms with Crippen LogP contribution in [0.5, 0.6) is 0 Å². The molecule has 0 bridgehead atoms. The second-order valence-electron chi connectivity index (χ2n) is 4.50. The first-order valence-electron chi connectivity index (χ1n) is 6.15. The first-order chi connectivity index (χ1) is 8.29. The molecule has 2 heterocycles. The normalized spacial score (nSPS) is 14.9. The molecule has 3 nitrogen and oxygen atoms in total. The largest absolute Gasteiger partial charge is 0.381 e. The van der Waals surface area contributed by atoms with Crippen molar-refractivity contribution >= 4 is 17.2 Å². The fourth-order valence-corrected chi connectivity index (χ4v) is 3.72. The van der Waals surface area contributed by atoms with E-state index in [0.29, 0.717) is 5.82 Å². The molecule has 3 rings (SSSR count). The summed E-state index contributed by atoms with van der Waals surface area (Å²) in [4.78, 5) is 2.71. The zero-order chi connectivity index (χ0) is 11.8. The Morgan fingerprint density at radius 3 is 3.00 bits per heavy atom. The van der Waals surface area contributed by atoms with Crippen LogP contribution < -0.4 is 5.73 Å². The Bertz CT molecular complexity index is 518. The fraction of sp³-hybridized carbons (Fsp3) is 0.462. The van der Waals surface area contributed by atoms with E-state index in [-0.39, 0.29) is 0 Å². The van der Waals surface area contributed by atoms with Crippen LogP contribution in [-0.2, 0) is 19.3 Å². The lowest BCUT2D eigenvalue weighted by Gasteiger charge is -2.08. The summed E-state index contributed by atoms with van der Waals surface area (Å²) in [5.74, 6) is 1.42. The summed E-state index contributed by atoms with van der Waals surface area (Å²) in [7, 11) is 0. The number of nitrogens with zero attached hydrogens (tertiary/aromatic N) is 1. The van der Waals surface area contributed by atoms with Gasteiger partial charge in [0, 0.05) is 10.4 Å². The van der Waals surface area contributed by atoms with Crippen molar-refractivity contribution in [2.24, 2.45) is 0 Å². The maximum absolute atomic E-state index is 5.81. The van der Waals surface area contributed by atoms with Crippen molar-refractivity contribution in [2.75, 3.05) is 5.73 Å². The van der Waals surface area contributed by atoms with Crippen LogP contribution >= 0.6 is 11.3 Å². The summed E-state index contributed by atoms with van der Waals surface area (Å²) in [6.45, 7) is 2.08. The molecule has 2 aromatic rings. The molecule has 90 valence electrons. The molecule has 17 heavy (non-hydrogen) atoms. The van der Waals surface area contributed by atoms with Crippen LogP contribution in [0.15, 0.2) is 10.6 Å². The van der Waals surface area contributed by atoms with Crippen LogP contribution in [0.2, 0.25) is 0 Å². The van der Waals surface area contributed by atoms with Gasteiger partial charge in [0.1, 0.15) is 0 Å². The lowest BCUT2D eigenvalue weighted by Crippen LogP contribution is -1.96. The Kier molecular flexibility index (Phi) is 2.67. The smallest absolute Gasteiger partial charge is 0.182 e. The third kappa shape index (κ3) is 1.76. The second kappa shape index (κ2) is 4.18. The summed E-state index contributed by atoms with van der Waals surface area (Å²) in [6, 6.07) is 2.26. The molecule has 1 aliphatic carbocycles. The number of fused-ring (bicyclic) bond motifs is 1. The highest BCUT2D eigenvalue weighted by molar-refractivity contribution is 7.15. The SMILES string of the molecule is CCc1c(N)noc1-c1cc2c(s1)CCCC2. The van der Waals surface area contributed by atoms with Crippen LogP contribution in [0, 0.1) is 0 Å². The van der Waals surface area contributed by atoms with E-state index < -0.39 is 0 Å². The number of rotatable bonds is 2. The Hall–Kier alpha value is -1.29. The van der Waals surface area contributed by atoms with E-state index in [0.717, 1.165) is 17.7 Å². The van der Waals surface area contributed by atoms with Gasteiger partial charge in [-0.05, 0) is 43.7 Å². The molecule has 2 aromatic heterocycles. The van der Waals surface area contributed by atoms with Gasteiger partial charge in [-0.3, -0.25) is 0 Å². The Morgan fingerprint density at radius 1 is 1.41 bits per heavy atom. The molecular formula is C13H16N2OS. The van der Waals surface area contributed by atoms with Crippen LogP contribution in [0.3, 0.4) is 0 Å². The Morgan fingerprint density at radius 2 is 2.24 bits per heavy atom.